The second-order valence-electron chi connectivity index (χ2n) is 57.5. The third-order valence-electron chi connectivity index (χ3n) is 41.5. The average Bonchev–Trinajstić information content (AvgIpc) is 1.64. The highest BCUT2D eigenvalue weighted by Crippen LogP contribution is 2.56. The fraction of sp³-hybridized carbons (Fsp3) is 0.829. The lowest BCUT2D eigenvalue weighted by Crippen LogP contribution is -2.20. The number of fused-ring (bicyclic) bond motifs is 10. The quantitative estimate of drug-likeness (QED) is 0.283. The number of allylic oxidation sites excluding steroid dienone is 17. The molecule has 0 aromatic heterocycles. The molecule has 13 saturated carbocycles. The molecule has 0 saturated heterocycles. The SMILES string of the molecule is CC(C)(C)CC1CCC2c3ccccc3C=CC12.CC(C)C.CC(C)C.CC(C)C.CC(C)C.CC(C)C.CC(C)CC1CCC2C=C3CCCC3=CC21.CC1C(C)C(C)C(C)C1C.CC1C(C)C(C)C(C)C1C.CC1C(C)C(C)C(C)C1C.CC1C(C)C(C)C(C)C1C.CC1C(C)C(C)C(C)C1C.CC1CCC2C=C3CCCC3=CC12.CC1CCC2C=C3CCCC3=CC12.CC1CCC2C=CC=CC12. The molecule has 1 aromatic carbocycles. The molecule has 0 nitrogen and oxygen atoms in total. The van der Waals surface area contributed by atoms with E-state index in [0.29, 0.717) is 5.41 Å². The topological polar surface area (TPSA) is 0 Å². The van der Waals surface area contributed by atoms with Crippen molar-refractivity contribution in [3.63, 3.8) is 0 Å². The first-order chi connectivity index (χ1) is 65.3. The maximum atomic E-state index is 2.67. The minimum Gasteiger partial charge on any atom is -0.0808 e. The lowest BCUT2D eigenvalue weighted by molar-refractivity contribution is 0.265. The van der Waals surface area contributed by atoms with Crippen molar-refractivity contribution >= 4 is 6.08 Å². The Labute approximate surface area is 880 Å². The Balaban J connectivity index is 0.000000270. The Morgan fingerprint density at radius 3 is 0.771 bits per heavy atom. The van der Waals surface area contributed by atoms with Crippen LogP contribution < -0.4 is 0 Å². The normalized spacial score (nSPS) is 40.2. The van der Waals surface area contributed by atoms with Crippen LogP contribution >= 0.6 is 0 Å². The summed E-state index contributed by atoms with van der Waals surface area (Å²) in [6.07, 6.45) is 59.3. The van der Waals surface area contributed by atoms with E-state index in [1.807, 2.05) is 0 Å². The summed E-state index contributed by atoms with van der Waals surface area (Å²) < 4.78 is 0. The maximum Gasteiger partial charge on any atom is -0.00902 e. The summed E-state index contributed by atoms with van der Waals surface area (Å²) in [5, 5.41) is 0. The van der Waals surface area contributed by atoms with Gasteiger partial charge in [-0.2, -0.15) is 0 Å². The molecule has 808 valence electrons. The molecule has 0 radical (unpaired) electrons. The highest BCUT2D eigenvalue weighted by atomic mass is 14.5. The van der Waals surface area contributed by atoms with Gasteiger partial charge in [-0.3, -0.25) is 0 Å². The standard InChI is InChI=1S/C18H24.C16H24.2C13H18.C10H14.5C10H20.5C4H10/c1-18(2,3)12-14-9-11-17-15-7-5-4-6-13(15)8-10-16(14)17;1-11(2)8-14-6-7-15-9-12-4-3-5-13(12)10-16(14)15;2*1-9-5-6-12-7-10-3-2-4-11(10)8-13(9)12;1-8-6-7-9-4-2-3-5-10(8)9;5*1-6-7(2)9(4)10(5)8(6)3;5*1-4(2)3/h4-8,10,14,16-17H,9,11-12H2,1-3H3;9-11,14-16H,3-8H2,1-2H3;2*7-9,12-13H,2-6H2,1H3;2-5,8-10H,6-7H2,1H3;5*6-10H,1-5H3;5*4H,1-3H3. The van der Waals surface area contributed by atoms with Crippen molar-refractivity contribution in [1.82, 2.24) is 0 Å². The van der Waals surface area contributed by atoms with Crippen LogP contribution in [0.5, 0.6) is 0 Å². The van der Waals surface area contributed by atoms with Crippen LogP contribution in [0.15, 0.2) is 125 Å². The molecule has 0 amide bonds. The lowest BCUT2D eigenvalue weighted by Gasteiger charge is -2.30. The van der Waals surface area contributed by atoms with Gasteiger partial charge in [0, 0.05) is 0 Å². The molecule has 18 aliphatic carbocycles. The average molecular weight is 1930 g/mol. The summed E-state index contributed by atoms with van der Waals surface area (Å²) in [4.78, 5) is 0. The van der Waals surface area contributed by atoms with Crippen molar-refractivity contribution in [2.24, 2.45) is 272 Å². The summed E-state index contributed by atoms with van der Waals surface area (Å²) in [7, 11) is 0. The first-order valence-corrected chi connectivity index (χ1v) is 61.6. The van der Waals surface area contributed by atoms with Crippen LogP contribution in [0.2, 0.25) is 0 Å². The zero-order valence-corrected chi connectivity index (χ0v) is 103. The monoisotopic (exact) mass is 1930 g/mol. The summed E-state index contributed by atoms with van der Waals surface area (Å²) >= 11 is 0. The van der Waals surface area contributed by atoms with Gasteiger partial charge >= 0.3 is 0 Å². The molecule has 1 aromatic rings. The van der Waals surface area contributed by atoms with Gasteiger partial charge in [0.25, 0.3) is 0 Å². The molecule has 19 rings (SSSR count). The molecule has 0 spiro atoms. The predicted octanol–water partition coefficient (Wildman–Crippen LogP) is 44.4. The van der Waals surface area contributed by atoms with Gasteiger partial charge in [-0.15, -0.1) is 0 Å². The van der Waals surface area contributed by atoms with Gasteiger partial charge < -0.3 is 0 Å². The van der Waals surface area contributed by atoms with E-state index in [9.17, 15) is 0 Å². The number of hydrogen-bond donors (Lipinski definition) is 0. The molecule has 15 atom stereocenters. The first kappa shape index (κ1) is 127. The van der Waals surface area contributed by atoms with Gasteiger partial charge in [-0.25, -0.2) is 0 Å². The van der Waals surface area contributed by atoms with E-state index < -0.39 is 0 Å². The third kappa shape index (κ3) is 38.1. The van der Waals surface area contributed by atoms with Gasteiger partial charge in [-0.1, -0.05) is 430 Å². The Bertz CT molecular complexity index is 3390. The van der Waals surface area contributed by atoms with Crippen LogP contribution in [0, 0.1) is 272 Å². The molecular weight excluding hydrogens is 1680 g/mol. The lowest BCUT2D eigenvalue weighted by atomic mass is 9.74. The van der Waals surface area contributed by atoms with Gasteiger partial charge in [0.15, 0.2) is 0 Å². The summed E-state index contributed by atoms with van der Waals surface area (Å²) in [6.45, 7) is 112. The second kappa shape index (κ2) is 60.7. The van der Waals surface area contributed by atoms with Crippen LogP contribution in [0.3, 0.4) is 0 Å². The molecule has 13 fully saturated rings. The minimum atomic E-state index is 0.463. The highest BCUT2D eigenvalue weighted by Gasteiger charge is 2.46. The maximum absolute atomic E-state index is 2.67. The van der Waals surface area contributed by atoms with Crippen LogP contribution in [-0.4, -0.2) is 0 Å². The molecular formula is C140H248. The van der Waals surface area contributed by atoms with E-state index in [1.54, 1.807) is 39.0 Å². The smallest absolute Gasteiger partial charge is 0.00902 e. The zero-order chi connectivity index (χ0) is 106. The van der Waals surface area contributed by atoms with Crippen molar-refractivity contribution in [2.75, 3.05) is 0 Å². The number of rotatable bonds is 3. The minimum absolute atomic E-state index is 0.463. The fourth-order valence-electron chi connectivity index (χ4n) is 29.1. The predicted molar refractivity (Wildman–Crippen MR) is 634 cm³/mol. The highest BCUT2D eigenvalue weighted by molar-refractivity contribution is 5.59. The number of benzene rings is 1. The van der Waals surface area contributed by atoms with Crippen LogP contribution in [-0.2, 0) is 0 Å². The molecule has 18 aliphatic rings. The van der Waals surface area contributed by atoms with Gasteiger partial charge in [0.1, 0.15) is 0 Å². The molecule has 140 heavy (non-hydrogen) atoms. The van der Waals surface area contributed by atoms with E-state index in [1.165, 1.54) is 140 Å². The van der Waals surface area contributed by atoms with Gasteiger partial charge in [0.2, 0.25) is 0 Å². The van der Waals surface area contributed by atoms with E-state index >= 15 is 0 Å². The molecule has 0 bridgehead atoms. The number of hydrogen-bond acceptors (Lipinski definition) is 0. The summed E-state index contributed by atoms with van der Waals surface area (Å²) in [5.74, 6) is 41.8. The van der Waals surface area contributed by atoms with Crippen molar-refractivity contribution in [3.05, 3.63) is 136 Å². The molecule has 0 N–H and O–H groups in total. The Morgan fingerprint density at radius 1 is 0.243 bits per heavy atom. The van der Waals surface area contributed by atoms with Crippen LogP contribution in [0.4, 0.5) is 0 Å². The Kier molecular flexibility index (Phi) is 55.2. The molecule has 0 heteroatoms. The largest absolute Gasteiger partial charge is 0.0808 e. The Hall–Kier alpha value is -3.12. The van der Waals surface area contributed by atoms with Crippen LogP contribution in [0.1, 0.15) is 484 Å². The van der Waals surface area contributed by atoms with E-state index in [4.69, 9.17) is 0 Å². The van der Waals surface area contributed by atoms with E-state index in [0.717, 1.165) is 272 Å². The molecule has 0 heterocycles. The van der Waals surface area contributed by atoms with Gasteiger partial charge in [-0.05, 0) is 457 Å². The van der Waals surface area contributed by atoms with Crippen molar-refractivity contribution in [1.29, 1.82) is 0 Å². The molecule has 0 aliphatic heterocycles. The van der Waals surface area contributed by atoms with E-state index in [-0.39, 0.29) is 0 Å². The van der Waals surface area contributed by atoms with Crippen molar-refractivity contribution in [3.8, 4) is 0 Å². The van der Waals surface area contributed by atoms with Gasteiger partial charge in [0.05, 0.1) is 0 Å². The second-order valence-corrected chi connectivity index (χ2v) is 57.5. The summed E-state index contributed by atoms with van der Waals surface area (Å²) in [5.41, 5.74) is 13.8. The van der Waals surface area contributed by atoms with E-state index in [2.05, 4.69) is 430 Å². The van der Waals surface area contributed by atoms with Crippen LogP contribution in [0.25, 0.3) is 6.08 Å². The summed E-state index contributed by atoms with van der Waals surface area (Å²) in [6, 6.07) is 8.96. The van der Waals surface area contributed by atoms with Crippen molar-refractivity contribution < 1.29 is 0 Å². The fourth-order valence-corrected chi connectivity index (χ4v) is 29.1. The zero-order valence-electron chi connectivity index (χ0n) is 103. The first-order valence-electron chi connectivity index (χ1n) is 61.6. The molecule has 15 unspecified atom stereocenters. The third-order valence-corrected chi connectivity index (χ3v) is 41.5. The van der Waals surface area contributed by atoms with Crippen molar-refractivity contribution in [2.45, 2.75) is 473 Å². The Morgan fingerprint density at radius 2 is 0.486 bits per heavy atom.